The fourth-order valence-electron chi connectivity index (χ4n) is 1.48. The number of rotatable bonds is 5. The molecule has 1 rings (SSSR count). The van der Waals surface area contributed by atoms with Crippen LogP contribution in [0.4, 0.5) is 0 Å². The maximum Gasteiger partial charge on any atom is 0.253 e. The SMILES string of the molecule is COc1cccc(C(=O)N(C)CCC(C)N)c1. The van der Waals surface area contributed by atoms with E-state index in [0.717, 1.165) is 6.42 Å². The Morgan fingerprint density at radius 3 is 2.82 bits per heavy atom. The standard InChI is InChI=1S/C13H20N2O2/c1-10(14)7-8-15(2)13(16)11-5-4-6-12(9-11)17-3/h4-6,9-10H,7-8,14H2,1-3H3. The third-order valence-electron chi connectivity index (χ3n) is 2.58. The summed E-state index contributed by atoms with van der Waals surface area (Å²) in [5, 5.41) is 0. The molecule has 0 fully saturated rings. The molecule has 0 bridgehead atoms. The third-order valence-corrected chi connectivity index (χ3v) is 2.58. The first-order chi connectivity index (χ1) is 8.04. The van der Waals surface area contributed by atoms with E-state index in [4.69, 9.17) is 10.5 Å². The summed E-state index contributed by atoms with van der Waals surface area (Å²) in [6.45, 7) is 2.59. The van der Waals surface area contributed by atoms with Gasteiger partial charge in [0, 0.05) is 25.2 Å². The van der Waals surface area contributed by atoms with E-state index in [9.17, 15) is 4.79 Å². The van der Waals surface area contributed by atoms with Crippen LogP contribution in [0, 0.1) is 0 Å². The summed E-state index contributed by atoms with van der Waals surface area (Å²) < 4.78 is 5.09. The monoisotopic (exact) mass is 236 g/mol. The number of hydrogen-bond donors (Lipinski definition) is 1. The summed E-state index contributed by atoms with van der Waals surface area (Å²) in [6, 6.07) is 7.26. The van der Waals surface area contributed by atoms with E-state index < -0.39 is 0 Å². The fraction of sp³-hybridized carbons (Fsp3) is 0.462. The molecule has 4 heteroatoms. The second-order valence-electron chi connectivity index (χ2n) is 4.22. The number of nitrogens with zero attached hydrogens (tertiary/aromatic N) is 1. The van der Waals surface area contributed by atoms with E-state index in [2.05, 4.69) is 0 Å². The van der Waals surface area contributed by atoms with Gasteiger partial charge in [0.15, 0.2) is 0 Å². The predicted octanol–water partition coefficient (Wildman–Crippen LogP) is 1.50. The van der Waals surface area contributed by atoms with E-state index in [1.54, 1.807) is 31.2 Å². The first-order valence-corrected chi connectivity index (χ1v) is 5.69. The second kappa shape index (κ2) is 6.25. The van der Waals surface area contributed by atoms with Crippen molar-refractivity contribution >= 4 is 5.91 Å². The number of hydrogen-bond acceptors (Lipinski definition) is 3. The molecule has 0 aliphatic rings. The third kappa shape index (κ3) is 4.07. The van der Waals surface area contributed by atoms with Crippen molar-refractivity contribution in [3.05, 3.63) is 29.8 Å². The van der Waals surface area contributed by atoms with Gasteiger partial charge < -0.3 is 15.4 Å². The van der Waals surface area contributed by atoms with Crippen molar-refractivity contribution in [2.24, 2.45) is 5.73 Å². The molecule has 94 valence electrons. The van der Waals surface area contributed by atoms with Crippen LogP contribution in [0.3, 0.4) is 0 Å². The van der Waals surface area contributed by atoms with Gasteiger partial charge in [-0.25, -0.2) is 0 Å². The van der Waals surface area contributed by atoms with Gasteiger partial charge in [-0.1, -0.05) is 6.07 Å². The largest absolute Gasteiger partial charge is 0.497 e. The summed E-state index contributed by atoms with van der Waals surface area (Å²) in [5.74, 6) is 0.681. The first-order valence-electron chi connectivity index (χ1n) is 5.69. The van der Waals surface area contributed by atoms with Crippen molar-refractivity contribution in [1.29, 1.82) is 0 Å². The minimum Gasteiger partial charge on any atom is -0.497 e. The fourth-order valence-corrected chi connectivity index (χ4v) is 1.48. The van der Waals surface area contributed by atoms with Crippen LogP contribution in [-0.2, 0) is 0 Å². The van der Waals surface area contributed by atoms with Crippen molar-refractivity contribution in [2.45, 2.75) is 19.4 Å². The van der Waals surface area contributed by atoms with Crippen LogP contribution in [0.1, 0.15) is 23.7 Å². The Morgan fingerprint density at radius 1 is 1.53 bits per heavy atom. The molecule has 17 heavy (non-hydrogen) atoms. The van der Waals surface area contributed by atoms with Crippen LogP contribution in [0.15, 0.2) is 24.3 Å². The van der Waals surface area contributed by atoms with Gasteiger partial charge in [0.2, 0.25) is 0 Å². The lowest BCUT2D eigenvalue weighted by Crippen LogP contribution is -2.31. The molecule has 0 aromatic heterocycles. The van der Waals surface area contributed by atoms with Gasteiger partial charge >= 0.3 is 0 Å². The van der Waals surface area contributed by atoms with Gasteiger partial charge in [0.25, 0.3) is 5.91 Å². The van der Waals surface area contributed by atoms with E-state index in [1.165, 1.54) is 0 Å². The zero-order chi connectivity index (χ0) is 12.8. The topological polar surface area (TPSA) is 55.6 Å². The molecule has 0 saturated heterocycles. The van der Waals surface area contributed by atoms with Crippen molar-refractivity contribution in [3.8, 4) is 5.75 Å². The molecule has 1 aromatic rings. The molecule has 0 aliphatic heterocycles. The highest BCUT2D eigenvalue weighted by molar-refractivity contribution is 5.94. The van der Waals surface area contributed by atoms with Crippen molar-refractivity contribution in [3.63, 3.8) is 0 Å². The molecule has 1 unspecified atom stereocenters. The minimum absolute atomic E-state index is 0.00968. The number of nitrogens with two attached hydrogens (primary N) is 1. The van der Waals surface area contributed by atoms with Gasteiger partial charge in [-0.05, 0) is 31.5 Å². The molecular weight excluding hydrogens is 216 g/mol. The smallest absolute Gasteiger partial charge is 0.253 e. The molecule has 2 N–H and O–H groups in total. The highest BCUT2D eigenvalue weighted by Gasteiger charge is 2.12. The molecule has 1 atom stereocenters. The number of ether oxygens (including phenoxy) is 1. The second-order valence-corrected chi connectivity index (χ2v) is 4.22. The van der Waals surface area contributed by atoms with Crippen LogP contribution < -0.4 is 10.5 Å². The first kappa shape index (κ1) is 13.5. The van der Waals surface area contributed by atoms with Gasteiger partial charge in [-0.15, -0.1) is 0 Å². The summed E-state index contributed by atoms with van der Waals surface area (Å²) in [7, 11) is 3.37. The lowest BCUT2D eigenvalue weighted by Gasteiger charge is -2.18. The molecular formula is C13H20N2O2. The maximum atomic E-state index is 12.1. The molecule has 0 aliphatic carbocycles. The van der Waals surface area contributed by atoms with Gasteiger partial charge in [-0.2, -0.15) is 0 Å². The van der Waals surface area contributed by atoms with Gasteiger partial charge in [0.05, 0.1) is 7.11 Å². The van der Waals surface area contributed by atoms with Crippen molar-refractivity contribution in [2.75, 3.05) is 20.7 Å². The lowest BCUT2D eigenvalue weighted by atomic mass is 10.1. The summed E-state index contributed by atoms with van der Waals surface area (Å²) in [4.78, 5) is 13.7. The number of carbonyl (C=O) groups excluding carboxylic acids is 1. The number of carbonyl (C=O) groups is 1. The molecule has 0 spiro atoms. The van der Waals surface area contributed by atoms with Gasteiger partial charge in [-0.3, -0.25) is 4.79 Å². The zero-order valence-electron chi connectivity index (χ0n) is 10.6. The molecule has 4 nitrogen and oxygen atoms in total. The Kier molecular flexibility index (Phi) is 4.97. The van der Waals surface area contributed by atoms with Crippen molar-refractivity contribution < 1.29 is 9.53 Å². The lowest BCUT2D eigenvalue weighted by molar-refractivity contribution is 0.0791. The van der Waals surface area contributed by atoms with E-state index in [0.29, 0.717) is 17.9 Å². The van der Waals surface area contributed by atoms with Crippen LogP contribution in [0.2, 0.25) is 0 Å². The predicted molar refractivity (Wildman–Crippen MR) is 68.2 cm³/mol. The summed E-state index contributed by atoms with van der Waals surface area (Å²) >= 11 is 0. The van der Waals surface area contributed by atoms with Crippen molar-refractivity contribution in [1.82, 2.24) is 4.90 Å². The molecule has 1 amide bonds. The average molecular weight is 236 g/mol. The number of benzene rings is 1. The Bertz CT molecular complexity index is 377. The molecule has 0 saturated carbocycles. The normalized spacial score (nSPS) is 12.0. The van der Waals surface area contributed by atoms with Crippen LogP contribution in [0.25, 0.3) is 0 Å². The van der Waals surface area contributed by atoms with E-state index in [1.807, 2.05) is 19.1 Å². The highest BCUT2D eigenvalue weighted by Crippen LogP contribution is 2.14. The maximum absolute atomic E-state index is 12.1. The Morgan fingerprint density at radius 2 is 2.24 bits per heavy atom. The zero-order valence-corrected chi connectivity index (χ0v) is 10.6. The van der Waals surface area contributed by atoms with Crippen LogP contribution in [-0.4, -0.2) is 37.6 Å². The minimum atomic E-state index is -0.00968. The molecule has 0 heterocycles. The van der Waals surface area contributed by atoms with E-state index in [-0.39, 0.29) is 11.9 Å². The average Bonchev–Trinajstić information content (AvgIpc) is 2.35. The van der Waals surface area contributed by atoms with Crippen LogP contribution >= 0.6 is 0 Å². The van der Waals surface area contributed by atoms with Gasteiger partial charge in [0.1, 0.15) is 5.75 Å². The molecule has 0 radical (unpaired) electrons. The highest BCUT2D eigenvalue weighted by atomic mass is 16.5. The summed E-state index contributed by atoms with van der Waals surface area (Å²) in [5.41, 5.74) is 6.30. The Hall–Kier alpha value is -1.55. The molecule has 1 aromatic carbocycles. The quantitative estimate of drug-likeness (QED) is 0.843. The Labute approximate surface area is 102 Å². The number of methoxy groups -OCH3 is 1. The number of amides is 1. The summed E-state index contributed by atoms with van der Waals surface area (Å²) in [6.07, 6.45) is 0.798. The Balaban J connectivity index is 2.67. The van der Waals surface area contributed by atoms with E-state index >= 15 is 0 Å². The van der Waals surface area contributed by atoms with Crippen LogP contribution in [0.5, 0.6) is 5.75 Å².